The van der Waals surface area contributed by atoms with Crippen molar-refractivity contribution in [1.82, 2.24) is 14.8 Å². The molecule has 1 aromatic rings. The first-order chi connectivity index (χ1) is 6.59. The number of nitrogens with two attached hydrogens (primary N) is 1. The van der Waals surface area contributed by atoms with Crippen LogP contribution < -0.4 is 5.73 Å². The molecule has 1 rings (SSSR count). The summed E-state index contributed by atoms with van der Waals surface area (Å²) in [7, 11) is 0. The highest BCUT2D eigenvalue weighted by Gasteiger charge is 2.20. The number of nitrogens with zero attached hydrogens (tertiary/aromatic N) is 3. The van der Waals surface area contributed by atoms with E-state index in [0.717, 1.165) is 31.8 Å². The van der Waals surface area contributed by atoms with E-state index in [0.29, 0.717) is 0 Å². The van der Waals surface area contributed by atoms with Crippen molar-refractivity contribution >= 4 is 0 Å². The van der Waals surface area contributed by atoms with Crippen molar-refractivity contribution < 1.29 is 0 Å². The first-order valence-electron chi connectivity index (χ1n) is 5.16. The first-order valence-corrected chi connectivity index (χ1v) is 5.16. The first kappa shape index (κ1) is 11.2. The summed E-state index contributed by atoms with van der Waals surface area (Å²) in [5.74, 6) is 1.06. The minimum absolute atomic E-state index is 0.217. The summed E-state index contributed by atoms with van der Waals surface area (Å²) in [5, 5.41) is 4.15. The normalized spacial score (nSPS) is 12.0. The Balaban J connectivity index is 2.67. The zero-order chi connectivity index (χ0) is 10.6. The van der Waals surface area contributed by atoms with Crippen molar-refractivity contribution in [3.05, 3.63) is 12.2 Å². The van der Waals surface area contributed by atoms with E-state index < -0.39 is 0 Å². The van der Waals surface area contributed by atoms with Crippen LogP contribution in [0.2, 0.25) is 0 Å². The number of aromatic nitrogens is 3. The predicted molar refractivity (Wildman–Crippen MR) is 56.9 cm³/mol. The maximum Gasteiger partial charge on any atom is 0.138 e. The highest BCUT2D eigenvalue weighted by molar-refractivity contribution is 4.90. The van der Waals surface area contributed by atoms with Crippen LogP contribution in [0, 0.1) is 5.41 Å². The molecule has 0 saturated heterocycles. The Labute approximate surface area is 85.5 Å². The molecule has 80 valence electrons. The maximum absolute atomic E-state index is 5.57. The van der Waals surface area contributed by atoms with Gasteiger partial charge in [-0.1, -0.05) is 13.8 Å². The molecule has 0 atom stereocenters. The lowest BCUT2D eigenvalue weighted by molar-refractivity contribution is 0.324. The zero-order valence-corrected chi connectivity index (χ0v) is 9.32. The summed E-state index contributed by atoms with van der Waals surface area (Å²) in [6.07, 6.45) is 3.58. The van der Waals surface area contributed by atoms with Crippen molar-refractivity contribution in [1.29, 1.82) is 0 Å². The molecule has 0 bridgehead atoms. The van der Waals surface area contributed by atoms with Gasteiger partial charge in [-0.3, -0.25) is 4.68 Å². The fourth-order valence-corrected chi connectivity index (χ4v) is 1.60. The summed E-state index contributed by atoms with van der Waals surface area (Å²) >= 11 is 0. The monoisotopic (exact) mass is 196 g/mol. The number of rotatable bonds is 5. The van der Waals surface area contributed by atoms with E-state index in [2.05, 4.69) is 30.9 Å². The molecule has 0 aliphatic carbocycles. The summed E-state index contributed by atoms with van der Waals surface area (Å²) in [4.78, 5) is 4.27. The summed E-state index contributed by atoms with van der Waals surface area (Å²) in [6, 6.07) is 0. The van der Waals surface area contributed by atoms with E-state index in [-0.39, 0.29) is 5.41 Å². The van der Waals surface area contributed by atoms with Gasteiger partial charge in [-0.05, 0) is 25.3 Å². The van der Waals surface area contributed by atoms with E-state index in [1.165, 1.54) is 0 Å². The predicted octanol–water partition coefficient (Wildman–Crippen LogP) is 1.22. The van der Waals surface area contributed by atoms with Crippen LogP contribution in [0.5, 0.6) is 0 Å². The van der Waals surface area contributed by atoms with Crippen LogP contribution in [0.25, 0.3) is 0 Å². The van der Waals surface area contributed by atoms with Crippen LogP contribution in [0.1, 0.15) is 33.0 Å². The van der Waals surface area contributed by atoms with Gasteiger partial charge in [-0.2, -0.15) is 5.10 Å². The average molecular weight is 196 g/mol. The quantitative estimate of drug-likeness (QED) is 0.770. The van der Waals surface area contributed by atoms with Gasteiger partial charge in [-0.25, -0.2) is 4.98 Å². The molecule has 1 aromatic heterocycles. The summed E-state index contributed by atoms with van der Waals surface area (Å²) < 4.78 is 1.94. The molecule has 0 amide bonds. The van der Waals surface area contributed by atoms with E-state index in [9.17, 15) is 0 Å². The van der Waals surface area contributed by atoms with E-state index in [1.54, 1.807) is 6.33 Å². The van der Waals surface area contributed by atoms with Gasteiger partial charge >= 0.3 is 0 Å². The van der Waals surface area contributed by atoms with Crippen molar-refractivity contribution in [3.8, 4) is 0 Å². The minimum Gasteiger partial charge on any atom is -0.330 e. The van der Waals surface area contributed by atoms with Crippen LogP contribution in [-0.4, -0.2) is 21.3 Å². The fourth-order valence-electron chi connectivity index (χ4n) is 1.60. The van der Waals surface area contributed by atoms with Gasteiger partial charge in [0.25, 0.3) is 0 Å². The van der Waals surface area contributed by atoms with Gasteiger partial charge < -0.3 is 5.73 Å². The summed E-state index contributed by atoms with van der Waals surface area (Å²) in [6.45, 7) is 8.12. The van der Waals surface area contributed by atoms with E-state index >= 15 is 0 Å². The van der Waals surface area contributed by atoms with Gasteiger partial charge in [0.2, 0.25) is 0 Å². The van der Waals surface area contributed by atoms with Gasteiger partial charge in [0, 0.05) is 13.0 Å². The molecule has 0 radical (unpaired) electrons. The van der Waals surface area contributed by atoms with E-state index in [1.807, 2.05) is 4.68 Å². The molecule has 0 unspecified atom stereocenters. The van der Waals surface area contributed by atoms with Gasteiger partial charge in [0.15, 0.2) is 0 Å². The lowest BCUT2D eigenvalue weighted by Gasteiger charge is -2.23. The average Bonchev–Trinajstić information content (AvgIpc) is 2.50. The van der Waals surface area contributed by atoms with Gasteiger partial charge in [0.1, 0.15) is 12.2 Å². The van der Waals surface area contributed by atoms with Crippen LogP contribution >= 0.6 is 0 Å². The Morgan fingerprint density at radius 1 is 1.50 bits per heavy atom. The number of hydrogen-bond acceptors (Lipinski definition) is 3. The molecule has 0 aliphatic rings. The highest BCUT2D eigenvalue weighted by Crippen LogP contribution is 2.23. The Morgan fingerprint density at radius 3 is 2.79 bits per heavy atom. The number of aryl methyl sites for hydroxylation is 1. The Hall–Kier alpha value is -0.900. The molecule has 0 fully saturated rings. The molecule has 0 aromatic carbocycles. The van der Waals surface area contributed by atoms with Gasteiger partial charge in [-0.15, -0.1) is 0 Å². The van der Waals surface area contributed by atoms with Crippen molar-refractivity contribution in [2.45, 2.75) is 40.2 Å². The maximum atomic E-state index is 5.57. The molecule has 0 saturated carbocycles. The summed E-state index contributed by atoms with van der Waals surface area (Å²) in [5.41, 5.74) is 5.79. The zero-order valence-electron chi connectivity index (χ0n) is 9.32. The Bertz CT molecular complexity index is 277. The molecule has 14 heavy (non-hydrogen) atoms. The fraction of sp³-hybridized carbons (Fsp3) is 0.800. The minimum atomic E-state index is 0.217. The molecule has 4 heteroatoms. The van der Waals surface area contributed by atoms with Crippen molar-refractivity contribution in [2.24, 2.45) is 11.1 Å². The molecule has 1 heterocycles. The second kappa shape index (κ2) is 4.55. The Kier molecular flexibility index (Phi) is 3.63. The number of hydrogen-bond donors (Lipinski definition) is 1. The molecule has 4 nitrogen and oxygen atoms in total. The SMILES string of the molecule is CCn1ncnc1CC(C)(C)CCN. The smallest absolute Gasteiger partial charge is 0.138 e. The molecular weight excluding hydrogens is 176 g/mol. The van der Waals surface area contributed by atoms with Crippen molar-refractivity contribution in [2.75, 3.05) is 6.54 Å². The van der Waals surface area contributed by atoms with Gasteiger partial charge in [0.05, 0.1) is 0 Å². The molecule has 0 aliphatic heterocycles. The lowest BCUT2D eigenvalue weighted by atomic mass is 9.85. The highest BCUT2D eigenvalue weighted by atomic mass is 15.3. The van der Waals surface area contributed by atoms with Crippen LogP contribution in [-0.2, 0) is 13.0 Å². The molecular formula is C10H20N4. The molecule has 0 spiro atoms. The third kappa shape index (κ3) is 2.80. The third-order valence-corrected chi connectivity index (χ3v) is 2.45. The van der Waals surface area contributed by atoms with Crippen LogP contribution in [0.4, 0.5) is 0 Å². The Morgan fingerprint density at radius 2 is 2.21 bits per heavy atom. The second-order valence-electron chi connectivity index (χ2n) is 4.37. The van der Waals surface area contributed by atoms with E-state index in [4.69, 9.17) is 5.73 Å². The second-order valence-corrected chi connectivity index (χ2v) is 4.37. The lowest BCUT2D eigenvalue weighted by Crippen LogP contribution is -2.22. The third-order valence-electron chi connectivity index (χ3n) is 2.45. The molecule has 2 N–H and O–H groups in total. The topological polar surface area (TPSA) is 56.7 Å². The van der Waals surface area contributed by atoms with Crippen LogP contribution in [0.15, 0.2) is 6.33 Å². The standard InChI is InChI=1S/C10H20N4/c1-4-14-9(12-8-13-14)7-10(2,3)5-6-11/h8H,4-7,11H2,1-3H3. The van der Waals surface area contributed by atoms with Crippen molar-refractivity contribution in [3.63, 3.8) is 0 Å². The largest absolute Gasteiger partial charge is 0.330 e. The van der Waals surface area contributed by atoms with Crippen LogP contribution in [0.3, 0.4) is 0 Å².